The van der Waals surface area contributed by atoms with Crippen LogP contribution in [0.15, 0.2) is 47.8 Å². The molecule has 2 aromatic rings. The monoisotopic (exact) mass is 278 g/mol. The summed E-state index contributed by atoms with van der Waals surface area (Å²) < 4.78 is 25.4. The van der Waals surface area contributed by atoms with E-state index in [9.17, 15) is 8.42 Å². The van der Waals surface area contributed by atoms with Crippen LogP contribution in [0.25, 0.3) is 0 Å². The van der Waals surface area contributed by atoms with Crippen molar-refractivity contribution in [1.82, 2.24) is 14.7 Å². The third-order valence-electron chi connectivity index (χ3n) is 2.52. The summed E-state index contributed by atoms with van der Waals surface area (Å²) in [5.74, 6) is 0. The number of hydrogen-bond donors (Lipinski definition) is 2. The van der Waals surface area contributed by atoms with E-state index in [0.717, 1.165) is 11.4 Å². The Morgan fingerprint density at radius 1 is 1.16 bits per heavy atom. The predicted octanol–water partition coefficient (Wildman–Crippen LogP) is 0.997. The molecule has 0 aliphatic heterocycles. The molecule has 0 spiro atoms. The van der Waals surface area contributed by atoms with Gasteiger partial charge in [0.2, 0.25) is 10.0 Å². The zero-order valence-electron chi connectivity index (χ0n) is 10.4. The molecule has 1 aromatic heterocycles. The van der Waals surface area contributed by atoms with E-state index >= 15 is 0 Å². The molecule has 0 fully saturated rings. The van der Waals surface area contributed by atoms with Crippen LogP contribution in [-0.4, -0.2) is 25.4 Å². The number of aromatic nitrogens is 2. The summed E-state index contributed by atoms with van der Waals surface area (Å²) in [5, 5.41) is 3.14. The molecular formula is C12H14N4O2S. The molecular weight excluding hydrogens is 264 g/mol. The van der Waals surface area contributed by atoms with Gasteiger partial charge in [-0.15, -0.1) is 0 Å². The number of rotatable bonds is 5. The van der Waals surface area contributed by atoms with Crippen LogP contribution in [0.5, 0.6) is 0 Å². The van der Waals surface area contributed by atoms with Gasteiger partial charge in [-0.25, -0.2) is 13.1 Å². The Bertz CT molecular complexity index is 627. The van der Waals surface area contributed by atoms with Crippen LogP contribution in [0, 0.1) is 0 Å². The summed E-state index contributed by atoms with van der Waals surface area (Å²) in [6.07, 6.45) is 4.91. The number of hydrogen-bond acceptors (Lipinski definition) is 5. The maximum Gasteiger partial charge on any atom is 0.240 e. The molecule has 7 heteroatoms. The lowest BCUT2D eigenvalue weighted by atomic mass is 10.3. The average molecular weight is 278 g/mol. The maximum atomic E-state index is 11.5. The van der Waals surface area contributed by atoms with Gasteiger partial charge in [-0.1, -0.05) is 0 Å². The highest BCUT2D eigenvalue weighted by molar-refractivity contribution is 7.89. The van der Waals surface area contributed by atoms with Crippen molar-refractivity contribution in [3.05, 3.63) is 48.5 Å². The molecule has 100 valence electrons. The fourth-order valence-electron chi connectivity index (χ4n) is 1.48. The summed E-state index contributed by atoms with van der Waals surface area (Å²) in [7, 11) is -2.00. The molecule has 19 heavy (non-hydrogen) atoms. The highest BCUT2D eigenvalue weighted by atomic mass is 32.2. The van der Waals surface area contributed by atoms with Gasteiger partial charge in [-0.2, -0.15) is 0 Å². The van der Waals surface area contributed by atoms with Gasteiger partial charge in [0.15, 0.2) is 0 Å². The van der Waals surface area contributed by atoms with Crippen molar-refractivity contribution in [2.24, 2.45) is 0 Å². The summed E-state index contributed by atoms with van der Waals surface area (Å²) in [6.45, 7) is 0.534. The lowest BCUT2D eigenvalue weighted by Gasteiger charge is -2.07. The smallest absolute Gasteiger partial charge is 0.240 e. The van der Waals surface area contributed by atoms with E-state index in [2.05, 4.69) is 20.0 Å². The van der Waals surface area contributed by atoms with Crippen LogP contribution in [-0.2, 0) is 16.6 Å². The van der Waals surface area contributed by atoms with Crippen LogP contribution >= 0.6 is 0 Å². The Morgan fingerprint density at radius 3 is 2.47 bits per heavy atom. The van der Waals surface area contributed by atoms with E-state index in [1.165, 1.54) is 7.05 Å². The van der Waals surface area contributed by atoms with Crippen LogP contribution < -0.4 is 10.0 Å². The van der Waals surface area contributed by atoms with Gasteiger partial charge < -0.3 is 5.32 Å². The van der Waals surface area contributed by atoms with Gasteiger partial charge in [0.1, 0.15) is 0 Å². The first-order valence-corrected chi connectivity index (χ1v) is 7.12. The Morgan fingerprint density at radius 2 is 1.89 bits per heavy atom. The molecule has 1 heterocycles. The molecule has 0 bridgehead atoms. The van der Waals surface area contributed by atoms with Crippen molar-refractivity contribution >= 4 is 15.7 Å². The number of nitrogens with zero attached hydrogens (tertiary/aromatic N) is 2. The van der Waals surface area contributed by atoms with Gasteiger partial charge in [0, 0.05) is 18.1 Å². The zero-order valence-corrected chi connectivity index (χ0v) is 11.2. The molecule has 0 radical (unpaired) electrons. The second kappa shape index (κ2) is 5.77. The highest BCUT2D eigenvalue weighted by Crippen LogP contribution is 2.14. The molecule has 6 nitrogen and oxygen atoms in total. The van der Waals surface area contributed by atoms with Crippen molar-refractivity contribution in [1.29, 1.82) is 0 Å². The quantitative estimate of drug-likeness (QED) is 0.852. The Hall–Kier alpha value is -1.99. The van der Waals surface area contributed by atoms with Crippen molar-refractivity contribution in [3.8, 4) is 0 Å². The van der Waals surface area contributed by atoms with Crippen molar-refractivity contribution < 1.29 is 8.42 Å². The fraction of sp³-hybridized carbons (Fsp3) is 0.167. The molecule has 0 atom stereocenters. The average Bonchev–Trinajstić information content (AvgIpc) is 2.47. The lowest BCUT2D eigenvalue weighted by Crippen LogP contribution is -2.18. The van der Waals surface area contributed by atoms with Gasteiger partial charge in [0.05, 0.1) is 23.3 Å². The van der Waals surface area contributed by atoms with Crippen LogP contribution in [0.4, 0.5) is 5.69 Å². The van der Waals surface area contributed by atoms with Gasteiger partial charge in [-0.3, -0.25) is 9.97 Å². The Labute approximate surface area is 112 Å². The first-order chi connectivity index (χ1) is 9.12. The summed E-state index contributed by atoms with van der Waals surface area (Å²) >= 11 is 0. The standard InChI is InChI=1S/C12H14N4O2S/c1-13-19(17,18)12-4-2-10(3-5-12)16-9-11-8-14-6-7-15-11/h2-8,13,16H,9H2,1H3. The number of benzene rings is 1. The molecule has 0 amide bonds. The van der Waals surface area contributed by atoms with Crippen LogP contribution in [0.3, 0.4) is 0 Å². The van der Waals surface area contributed by atoms with Crippen LogP contribution in [0.1, 0.15) is 5.69 Å². The molecule has 1 aromatic carbocycles. The number of nitrogens with one attached hydrogen (secondary N) is 2. The molecule has 0 aliphatic carbocycles. The van der Waals surface area contributed by atoms with E-state index in [-0.39, 0.29) is 4.90 Å². The first kappa shape index (κ1) is 13.4. The summed E-state index contributed by atoms with van der Waals surface area (Å²) in [5.41, 5.74) is 1.63. The summed E-state index contributed by atoms with van der Waals surface area (Å²) in [4.78, 5) is 8.33. The largest absolute Gasteiger partial charge is 0.379 e. The minimum Gasteiger partial charge on any atom is -0.379 e. The highest BCUT2D eigenvalue weighted by Gasteiger charge is 2.10. The predicted molar refractivity (Wildman–Crippen MR) is 72.0 cm³/mol. The number of sulfonamides is 1. The minimum absolute atomic E-state index is 0.236. The van der Waals surface area contributed by atoms with E-state index in [1.807, 2.05) is 0 Å². The normalized spacial score (nSPS) is 11.2. The topological polar surface area (TPSA) is 84.0 Å². The molecule has 0 aliphatic rings. The second-order valence-electron chi connectivity index (χ2n) is 3.78. The van der Waals surface area contributed by atoms with Crippen molar-refractivity contribution in [2.75, 3.05) is 12.4 Å². The van der Waals surface area contributed by atoms with E-state index < -0.39 is 10.0 Å². The van der Waals surface area contributed by atoms with Gasteiger partial charge in [-0.05, 0) is 31.3 Å². The first-order valence-electron chi connectivity index (χ1n) is 5.64. The molecule has 2 N–H and O–H groups in total. The molecule has 0 saturated heterocycles. The van der Waals surface area contributed by atoms with E-state index in [0.29, 0.717) is 6.54 Å². The lowest BCUT2D eigenvalue weighted by molar-refractivity contribution is 0.588. The van der Waals surface area contributed by atoms with E-state index in [4.69, 9.17) is 0 Å². The van der Waals surface area contributed by atoms with Crippen LogP contribution in [0.2, 0.25) is 0 Å². The third kappa shape index (κ3) is 3.49. The molecule has 2 rings (SSSR count). The molecule has 0 saturated carbocycles. The fourth-order valence-corrected chi connectivity index (χ4v) is 2.21. The SMILES string of the molecule is CNS(=O)(=O)c1ccc(NCc2cnccn2)cc1. The van der Waals surface area contributed by atoms with Crippen molar-refractivity contribution in [2.45, 2.75) is 11.4 Å². The van der Waals surface area contributed by atoms with Crippen molar-refractivity contribution in [3.63, 3.8) is 0 Å². The van der Waals surface area contributed by atoms with Gasteiger partial charge >= 0.3 is 0 Å². The Balaban J connectivity index is 2.04. The second-order valence-corrected chi connectivity index (χ2v) is 5.67. The summed E-state index contributed by atoms with van der Waals surface area (Å²) in [6, 6.07) is 6.51. The zero-order chi connectivity index (χ0) is 13.7. The maximum absolute atomic E-state index is 11.5. The van der Waals surface area contributed by atoms with E-state index in [1.54, 1.807) is 42.9 Å². The minimum atomic E-state index is -3.38. The third-order valence-corrected chi connectivity index (χ3v) is 3.95. The number of anilines is 1. The Kier molecular flexibility index (Phi) is 4.08. The molecule has 0 unspecified atom stereocenters. The van der Waals surface area contributed by atoms with Gasteiger partial charge in [0.25, 0.3) is 0 Å².